The summed E-state index contributed by atoms with van der Waals surface area (Å²) < 4.78 is 13.8. The molecule has 5 aromatic heterocycles. The van der Waals surface area contributed by atoms with Crippen molar-refractivity contribution in [2.75, 3.05) is 0 Å². The van der Waals surface area contributed by atoms with E-state index in [0.717, 1.165) is 71.6 Å². The van der Waals surface area contributed by atoms with E-state index in [0.29, 0.717) is 17.6 Å². The maximum atomic E-state index is 6.84. The molecule has 6 nitrogen and oxygen atoms in total. The first-order chi connectivity index (χ1) is 30.7. The summed E-state index contributed by atoms with van der Waals surface area (Å²) in [5.74, 6) is 1.73. The fraction of sp³-hybridized carbons (Fsp3) is 0. The highest BCUT2D eigenvalue weighted by molar-refractivity contribution is 7.25. The zero-order valence-electron chi connectivity index (χ0n) is 33.0. The van der Waals surface area contributed by atoms with Gasteiger partial charge in [-0.15, -0.1) is 11.3 Å². The first kappa shape index (κ1) is 33.7. The highest BCUT2D eigenvalue weighted by Crippen LogP contribution is 2.42. The van der Waals surface area contributed by atoms with Crippen LogP contribution in [-0.4, -0.2) is 24.1 Å². The Morgan fingerprint density at radius 2 is 0.952 bits per heavy atom. The van der Waals surface area contributed by atoms with Crippen LogP contribution in [0.3, 0.4) is 0 Å². The molecule has 0 radical (unpaired) electrons. The van der Waals surface area contributed by atoms with Crippen molar-refractivity contribution >= 4 is 108 Å². The van der Waals surface area contributed by atoms with Crippen molar-refractivity contribution in [3.05, 3.63) is 188 Å². The summed E-state index contributed by atoms with van der Waals surface area (Å²) in [5.41, 5.74) is 8.60. The number of fused-ring (bicyclic) bond motifs is 13. The van der Waals surface area contributed by atoms with Crippen LogP contribution in [-0.2, 0) is 0 Å². The third-order valence-electron chi connectivity index (χ3n) is 12.5. The molecule has 0 amide bonds. The molecule has 0 aliphatic heterocycles. The van der Waals surface area contributed by atoms with Crippen LogP contribution >= 0.6 is 11.3 Å². The van der Waals surface area contributed by atoms with Gasteiger partial charge in [0.05, 0.1) is 27.8 Å². The first-order valence-corrected chi connectivity index (χ1v) is 21.6. The number of benzene rings is 9. The van der Waals surface area contributed by atoms with Gasteiger partial charge >= 0.3 is 0 Å². The fourth-order valence-corrected chi connectivity index (χ4v) is 10.9. The summed E-state index contributed by atoms with van der Waals surface area (Å²) >= 11 is 1.79. The minimum absolute atomic E-state index is 0.556. The van der Waals surface area contributed by atoms with Gasteiger partial charge in [-0.05, 0) is 71.4 Å². The van der Waals surface area contributed by atoms with E-state index in [1.54, 1.807) is 11.3 Å². The van der Waals surface area contributed by atoms with Gasteiger partial charge < -0.3 is 8.98 Å². The van der Waals surface area contributed by atoms with E-state index in [1.807, 2.05) is 12.1 Å². The zero-order chi connectivity index (χ0) is 40.5. The number of hydrogen-bond acceptors (Lipinski definition) is 5. The molecular formula is C55H31N5OS. The van der Waals surface area contributed by atoms with E-state index in [2.05, 4.69) is 185 Å². The van der Waals surface area contributed by atoms with Crippen molar-refractivity contribution in [2.24, 2.45) is 0 Å². The molecule has 0 bridgehead atoms. The maximum absolute atomic E-state index is 6.84. The predicted molar refractivity (Wildman–Crippen MR) is 257 cm³/mol. The van der Waals surface area contributed by atoms with Crippen LogP contribution in [0.25, 0.3) is 131 Å². The smallest absolute Gasteiger partial charge is 0.238 e. The van der Waals surface area contributed by atoms with Gasteiger partial charge in [0, 0.05) is 63.6 Å². The number of furan rings is 1. The van der Waals surface area contributed by atoms with Crippen LogP contribution in [0.5, 0.6) is 0 Å². The monoisotopic (exact) mass is 809 g/mol. The Labute approximate surface area is 357 Å². The number of hydrogen-bond donors (Lipinski definition) is 0. The Morgan fingerprint density at radius 1 is 0.371 bits per heavy atom. The molecule has 0 unspecified atom stereocenters. The number of nitrogens with zero attached hydrogens (tertiary/aromatic N) is 5. The van der Waals surface area contributed by atoms with Gasteiger partial charge in [-0.25, -0.2) is 4.98 Å². The summed E-state index contributed by atoms with van der Waals surface area (Å²) in [6.45, 7) is 0. The third kappa shape index (κ3) is 4.82. The standard InChI is InChI=1S/C55H31N5OS/c1-2-14-33-29-47-42(27-32(33)13-1)38-17-5-8-20-44(38)59(47)48-30-35(28-43-39-18-6-11-23-49(39)61-52(43)48)54-56-53(34-25-26-41-40-19-7-12-24-50(40)62-51(41)31-34)57-55(58-54)60-45-21-9-3-15-36(45)37-16-4-10-22-46(37)60/h1-31H. The highest BCUT2D eigenvalue weighted by atomic mass is 32.1. The Kier molecular flexibility index (Phi) is 6.89. The van der Waals surface area contributed by atoms with Crippen molar-refractivity contribution in [1.82, 2.24) is 24.1 Å². The molecule has 7 heteroatoms. The van der Waals surface area contributed by atoms with Crippen molar-refractivity contribution in [3.8, 4) is 34.4 Å². The lowest BCUT2D eigenvalue weighted by atomic mass is 10.1. The minimum atomic E-state index is 0.556. The molecule has 288 valence electrons. The van der Waals surface area contributed by atoms with Gasteiger partial charge in [-0.2, -0.15) is 9.97 Å². The molecule has 0 spiro atoms. The van der Waals surface area contributed by atoms with E-state index in [9.17, 15) is 0 Å². The van der Waals surface area contributed by atoms with Gasteiger partial charge in [-0.1, -0.05) is 127 Å². The SMILES string of the molecule is c1ccc2cc3c(cc2c1)c1ccccc1n3-c1cc(-c2nc(-c3ccc4c(c3)sc3ccccc34)nc(-n3c4ccccc4c4ccccc43)n2)cc2c1oc1ccccc12. The second-order valence-corrected chi connectivity index (χ2v) is 17.1. The van der Waals surface area contributed by atoms with E-state index < -0.39 is 0 Å². The molecule has 14 rings (SSSR count). The van der Waals surface area contributed by atoms with Gasteiger partial charge in [0.1, 0.15) is 5.58 Å². The molecular weight excluding hydrogens is 779 g/mol. The fourth-order valence-electron chi connectivity index (χ4n) is 9.74. The van der Waals surface area contributed by atoms with Crippen LogP contribution in [0.15, 0.2) is 192 Å². The molecule has 14 aromatic rings. The summed E-state index contributed by atoms with van der Waals surface area (Å²) in [5, 5.41) is 11.5. The summed E-state index contributed by atoms with van der Waals surface area (Å²) in [6.07, 6.45) is 0. The normalized spacial score (nSPS) is 12.2. The van der Waals surface area contributed by atoms with Crippen LogP contribution in [0.4, 0.5) is 0 Å². The summed E-state index contributed by atoms with van der Waals surface area (Å²) in [6, 6.07) is 66.7. The Morgan fingerprint density at radius 3 is 1.71 bits per heavy atom. The Bertz CT molecular complexity index is 4130. The minimum Gasteiger partial charge on any atom is -0.454 e. The van der Waals surface area contributed by atoms with Crippen LogP contribution in [0.1, 0.15) is 0 Å². The molecule has 5 heterocycles. The molecule has 0 saturated heterocycles. The Balaban J connectivity index is 1.09. The van der Waals surface area contributed by atoms with E-state index >= 15 is 0 Å². The highest BCUT2D eigenvalue weighted by Gasteiger charge is 2.23. The first-order valence-electron chi connectivity index (χ1n) is 20.8. The lowest BCUT2D eigenvalue weighted by Gasteiger charge is -2.13. The molecule has 0 atom stereocenters. The van der Waals surface area contributed by atoms with Crippen LogP contribution in [0.2, 0.25) is 0 Å². The second-order valence-electron chi connectivity index (χ2n) is 16.0. The zero-order valence-corrected chi connectivity index (χ0v) is 33.8. The van der Waals surface area contributed by atoms with Crippen molar-refractivity contribution in [3.63, 3.8) is 0 Å². The Hall–Kier alpha value is -8.13. The maximum Gasteiger partial charge on any atom is 0.238 e. The molecule has 0 fully saturated rings. The van der Waals surface area contributed by atoms with Gasteiger partial charge in [0.15, 0.2) is 17.2 Å². The van der Waals surface area contributed by atoms with Gasteiger partial charge in [0.2, 0.25) is 5.95 Å². The van der Waals surface area contributed by atoms with Crippen LogP contribution < -0.4 is 0 Å². The lowest BCUT2D eigenvalue weighted by molar-refractivity contribution is 0.666. The number of thiophene rings is 1. The predicted octanol–water partition coefficient (Wildman–Crippen LogP) is 14.8. The molecule has 0 saturated carbocycles. The average molecular weight is 810 g/mol. The summed E-state index contributed by atoms with van der Waals surface area (Å²) in [7, 11) is 0. The van der Waals surface area contributed by atoms with E-state index in [1.165, 1.54) is 41.7 Å². The molecule has 0 aliphatic carbocycles. The molecule has 0 aliphatic rings. The van der Waals surface area contributed by atoms with Crippen LogP contribution in [0, 0.1) is 0 Å². The quantitative estimate of drug-likeness (QED) is 0.178. The largest absolute Gasteiger partial charge is 0.454 e. The van der Waals surface area contributed by atoms with E-state index in [-0.39, 0.29) is 0 Å². The van der Waals surface area contributed by atoms with Gasteiger partial charge in [0.25, 0.3) is 0 Å². The van der Waals surface area contributed by atoms with E-state index in [4.69, 9.17) is 19.4 Å². The number of para-hydroxylation sites is 4. The molecule has 0 N–H and O–H groups in total. The molecule has 9 aromatic carbocycles. The van der Waals surface area contributed by atoms with Crippen molar-refractivity contribution in [1.29, 1.82) is 0 Å². The lowest BCUT2D eigenvalue weighted by Crippen LogP contribution is -2.06. The number of aromatic nitrogens is 5. The third-order valence-corrected chi connectivity index (χ3v) is 13.7. The van der Waals surface area contributed by atoms with Gasteiger partial charge in [-0.3, -0.25) is 4.57 Å². The van der Waals surface area contributed by atoms with Crippen molar-refractivity contribution < 1.29 is 4.42 Å². The topological polar surface area (TPSA) is 61.7 Å². The number of rotatable bonds is 4. The average Bonchev–Trinajstić information content (AvgIpc) is 4.08. The molecule has 62 heavy (non-hydrogen) atoms. The summed E-state index contributed by atoms with van der Waals surface area (Å²) in [4.78, 5) is 16.2. The van der Waals surface area contributed by atoms with Crippen molar-refractivity contribution in [2.45, 2.75) is 0 Å². The second kappa shape index (κ2) is 12.7.